The van der Waals surface area contributed by atoms with E-state index in [-0.39, 0.29) is 23.1 Å². The summed E-state index contributed by atoms with van der Waals surface area (Å²) in [5.41, 5.74) is 8.63. The Balaban J connectivity index is 0.000000189. The fourth-order valence-corrected chi connectivity index (χ4v) is 7.93. The lowest BCUT2D eigenvalue weighted by molar-refractivity contribution is -0.275. The molecule has 0 amide bonds. The third kappa shape index (κ3) is 10.7. The number of hydrogen-bond acceptors (Lipinski definition) is 2. The molecule has 0 aliphatic heterocycles. The lowest BCUT2D eigenvalue weighted by atomic mass is 9.85. The zero-order chi connectivity index (χ0) is 45.1. The van der Waals surface area contributed by atoms with Gasteiger partial charge in [0.05, 0.1) is 0 Å². The molecule has 12 heteroatoms. The fraction of sp³-hybridized carbons (Fsp3) is 0.216. The molecule has 0 unspecified atom stereocenters. The molecule has 326 valence electrons. The lowest BCUT2D eigenvalue weighted by Crippen LogP contribution is -2.17. The van der Waals surface area contributed by atoms with Gasteiger partial charge in [-0.3, -0.25) is 0 Å². The molecule has 0 fully saturated rings. The molecule has 6 aromatic rings. The minimum absolute atomic E-state index is 0.274. The zero-order valence-corrected chi connectivity index (χ0v) is 34.1. The highest BCUT2D eigenvalue weighted by atomic mass is 19.4. The Morgan fingerprint density at radius 3 is 1.25 bits per heavy atom. The second-order valence-corrected chi connectivity index (χ2v) is 15.2. The molecule has 0 bridgehead atoms. The summed E-state index contributed by atoms with van der Waals surface area (Å²) in [6, 6.07) is 27.4. The molecule has 0 spiro atoms. The van der Waals surface area contributed by atoms with Crippen molar-refractivity contribution >= 4 is 11.1 Å². The number of allylic oxidation sites excluding steroid dienone is 4. The lowest BCUT2D eigenvalue weighted by Gasteiger charge is -2.20. The van der Waals surface area contributed by atoms with Gasteiger partial charge in [-0.15, -0.1) is 26.3 Å². The highest BCUT2D eigenvalue weighted by molar-refractivity contribution is 5.75. The van der Waals surface area contributed by atoms with Crippen LogP contribution >= 0.6 is 0 Å². The molecule has 0 saturated heterocycles. The number of aryl methyl sites for hydroxylation is 2. The van der Waals surface area contributed by atoms with Crippen molar-refractivity contribution in [2.24, 2.45) is 0 Å². The number of fused-ring (bicyclic) bond motifs is 2. The van der Waals surface area contributed by atoms with Crippen LogP contribution in [0.25, 0.3) is 33.4 Å². The van der Waals surface area contributed by atoms with Gasteiger partial charge in [-0.1, -0.05) is 105 Å². The third-order valence-electron chi connectivity index (χ3n) is 11.1. The highest BCUT2D eigenvalue weighted by Crippen LogP contribution is 2.38. The average molecular weight is 875 g/mol. The summed E-state index contributed by atoms with van der Waals surface area (Å²) >= 11 is 0. The van der Waals surface area contributed by atoms with Crippen molar-refractivity contribution in [3.05, 3.63) is 189 Å². The van der Waals surface area contributed by atoms with E-state index < -0.39 is 24.4 Å². The molecule has 0 heterocycles. The van der Waals surface area contributed by atoms with Crippen molar-refractivity contribution in [2.45, 2.75) is 71.5 Å². The van der Waals surface area contributed by atoms with Crippen LogP contribution in [0, 0.1) is 23.3 Å². The summed E-state index contributed by atoms with van der Waals surface area (Å²) in [5.74, 6) is -2.12. The summed E-state index contributed by atoms with van der Waals surface area (Å²) in [6.45, 7) is 4.00. The number of alkyl halides is 6. The molecule has 0 aromatic heterocycles. The van der Waals surface area contributed by atoms with E-state index in [1.807, 2.05) is 38.1 Å². The normalized spacial score (nSPS) is 13.5. The molecule has 0 radical (unpaired) electrons. The first kappa shape index (κ1) is 44.7. The van der Waals surface area contributed by atoms with Gasteiger partial charge < -0.3 is 9.47 Å². The maximum absolute atomic E-state index is 15.2. The molecule has 0 N–H and O–H groups in total. The van der Waals surface area contributed by atoms with E-state index in [4.69, 9.17) is 0 Å². The topological polar surface area (TPSA) is 18.5 Å². The quantitative estimate of drug-likeness (QED) is 0.135. The third-order valence-corrected chi connectivity index (χ3v) is 11.1. The van der Waals surface area contributed by atoms with Gasteiger partial charge in [-0.25, -0.2) is 17.6 Å². The molecule has 6 aromatic carbocycles. The minimum atomic E-state index is -4.78. The molecule has 0 saturated carbocycles. The Morgan fingerprint density at radius 1 is 0.476 bits per heavy atom. The van der Waals surface area contributed by atoms with Gasteiger partial charge in [0.15, 0.2) is 0 Å². The maximum Gasteiger partial charge on any atom is 0.573 e. The first-order valence-corrected chi connectivity index (χ1v) is 20.3. The Bertz CT molecular complexity index is 2670. The van der Waals surface area contributed by atoms with Crippen molar-refractivity contribution in [3.63, 3.8) is 0 Å². The number of rotatable bonds is 9. The summed E-state index contributed by atoms with van der Waals surface area (Å²) in [7, 11) is 0. The standard InChI is InChI=1S/C26H21F5O.C25H19F5O/c1-2-3-16-4-11-21(24(27)14-16)18-7-13-23-19(15-18)8-12-22(25(23)28)17-5-9-20(10-6-17)32-26(29,30)31;1-2-15-3-10-20(23(26)13-15)17-6-12-22-18(14-17)7-11-21(24(22)27)16-4-8-19(9-5-16)31-25(28,29)30/h4-12,14H,2-3,13,15H2,1H3;3-11,13H,2,12,14H2,1H3. The Kier molecular flexibility index (Phi) is 13.2. The zero-order valence-electron chi connectivity index (χ0n) is 34.1. The molecule has 2 aliphatic carbocycles. The minimum Gasteiger partial charge on any atom is -0.406 e. The van der Waals surface area contributed by atoms with Crippen LogP contribution in [0.3, 0.4) is 0 Å². The highest BCUT2D eigenvalue weighted by Gasteiger charge is 2.32. The van der Waals surface area contributed by atoms with E-state index in [9.17, 15) is 35.1 Å². The Hall–Kier alpha value is -6.30. The monoisotopic (exact) mass is 874 g/mol. The average Bonchev–Trinajstić information content (AvgIpc) is 3.24. The first-order valence-electron chi connectivity index (χ1n) is 20.3. The van der Waals surface area contributed by atoms with E-state index in [2.05, 4.69) is 9.47 Å². The van der Waals surface area contributed by atoms with E-state index >= 15 is 8.78 Å². The maximum atomic E-state index is 15.2. The second kappa shape index (κ2) is 18.6. The van der Waals surface area contributed by atoms with Gasteiger partial charge in [0.1, 0.15) is 34.8 Å². The summed E-state index contributed by atoms with van der Waals surface area (Å²) in [4.78, 5) is 0. The van der Waals surface area contributed by atoms with Crippen molar-refractivity contribution < 1.29 is 53.4 Å². The molecular weight excluding hydrogens is 835 g/mol. The summed E-state index contributed by atoms with van der Waals surface area (Å²) in [6.07, 6.45) is -1.93. The molecule has 8 rings (SSSR count). The Labute approximate surface area is 358 Å². The Morgan fingerprint density at radius 2 is 0.873 bits per heavy atom. The van der Waals surface area contributed by atoms with Crippen molar-refractivity contribution in [1.29, 1.82) is 0 Å². The number of halogens is 10. The van der Waals surface area contributed by atoms with Crippen LogP contribution in [0.5, 0.6) is 11.5 Å². The fourth-order valence-electron chi connectivity index (χ4n) is 7.93. The van der Waals surface area contributed by atoms with Gasteiger partial charge in [0.2, 0.25) is 0 Å². The molecule has 2 nitrogen and oxygen atoms in total. The number of ether oxygens (including phenoxy) is 2. The van der Waals surface area contributed by atoms with Gasteiger partial charge in [-0.05, 0) is 131 Å². The first-order chi connectivity index (χ1) is 30.0. The van der Waals surface area contributed by atoms with Crippen LogP contribution in [-0.2, 0) is 38.5 Å². The molecule has 0 atom stereocenters. The molecule has 63 heavy (non-hydrogen) atoms. The van der Waals surface area contributed by atoms with E-state index in [0.29, 0.717) is 70.2 Å². The van der Waals surface area contributed by atoms with E-state index in [1.54, 1.807) is 42.5 Å². The number of benzene rings is 6. The van der Waals surface area contributed by atoms with Gasteiger partial charge in [0.25, 0.3) is 0 Å². The van der Waals surface area contributed by atoms with Crippen molar-refractivity contribution in [1.82, 2.24) is 0 Å². The van der Waals surface area contributed by atoms with E-state index in [0.717, 1.165) is 76.9 Å². The van der Waals surface area contributed by atoms with Gasteiger partial charge in [-0.2, -0.15) is 0 Å². The number of hydrogen-bond donors (Lipinski definition) is 0. The van der Waals surface area contributed by atoms with Crippen molar-refractivity contribution in [3.8, 4) is 33.8 Å². The van der Waals surface area contributed by atoms with Crippen LogP contribution in [0.1, 0.15) is 64.8 Å². The van der Waals surface area contributed by atoms with Crippen LogP contribution in [0.15, 0.2) is 121 Å². The largest absolute Gasteiger partial charge is 0.573 e. The predicted octanol–water partition coefficient (Wildman–Crippen LogP) is 14.9. The van der Waals surface area contributed by atoms with Gasteiger partial charge >= 0.3 is 12.7 Å². The SMILES string of the molecule is CCCc1ccc(C2=CCc3c(ccc(-c4ccc(OC(F)(F)F)cc4)c3F)C2)c(F)c1.CCc1ccc(C2=CCc3c(ccc(-c4ccc(OC(F)(F)F)cc4)c3F)C2)c(F)c1. The van der Waals surface area contributed by atoms with Crippen LogP contribution < -0.4 is 9.47 Å². The van der Waals surface area contributed by atoms with Crippen molar-refractivity contribution in [2.75, 3.05) is 0 Å². The summed E-state index contributed by atoms with van der Waals surface area (Å²) < 4.78 is 141. The van der Waals surface area contributed by atoms with Gasteiger partial charge in [0, 0.05) is 22.3 Å². The van der Waals surface area contributed by atoms with E-state index in [1.165, 1.54) is 30.3 Å². The predicted molar refractivity (Wildman–Crippen MR) is 224 cm³/mol. The van der Waals surface area contributed by atoms with Crippen LogP contribution in [-0.4, -0.2) is 12.7 Å². The smallest absolute Gasteiger partial charge is 0.406 e. The molecular formula is C51H40F10O2. The van der Waals surface area contributed by atoms with Crippen LogP contribution in [0.4, 0.5) is 43.9 Å². The molecule has 2 aliphatic rings. The second-order valence-electron chi connectivity index (χ2n) is 15.2. The van der Waals surface area contributed by atoms with Crippen LogP contribution in [0.2, 0.25) is 0 Å². The summed E-state index contributed by atoms with van der Waals surface area (Å²) in [5, 5.41) is 0.